The molecule has 13 nitrogen and oxygen atoms in total. The number of carboxylic acid groups (broad SMARTS) is 1. The quantitative estimate of drug-likeness (QED) is 0.159. The Hall–Kier alpha value is -5.45. The van der Waals surface area contributed by atoms with E-state index in [1.54, 1.807) is 36.5 Å². The molecule has 0 radical (unpaired) electrons. The zero-order valence-electron chi connectivity index (χ0n) is 34.4. The molecule has 2 saturated heterocycles. The van der Waals surface area contributed by atoms with E-state index in [2.05, 4.69) is 31.8 Å². The minimum atomic E-state index is -1.41. The molecule has 4 aliphatic heterocycles. The number of halogens is 2. The highest BCUT2D eigenvalue weighted by Gasteiger charge is 2.30. The van der Waals surface area contributed by atoms with Gasteiger partial charge in [-0.25, -0.2) is 29.1 Å². The number of fused-ring (bicyclic) bond motifs is 7. The first-order valence-electron chi connectivity index (χ1n) is 20.7. The highest BCUT2D eigenvalue weighted by atomic mass is 35.5. The van der Waals surface area contributed by atoms with Crippen molar-refractivity contribution in [1.82, 2.24) is 29.7 Å². The highest BCUT2D eigenvalue weighted by molar-refractivity contribution is 7.22. The predicted octanol–water partition coefficient (Wildman–Crippen LogP) is 7.85. The Labute approximate surface area is 367 Å². The van der Waals surface area contributed by atoms with E-state index in [4.69, 9.17) is 40.3 Å². The number of likely N-dealkylation sites (N-methyl/N-ethyl adjacent to an activating group) is 1. The first-order chi connectivity index (χ1) is 30.2. The summed E-state index contributed by atoms with van der Waals surface area (Å²) in [6.07, 6.45) is 2.86. The van der Waals surface area contributed by atoms with E-state index in [1.165, 1.54) is 29.8 Å². The van der Waals surface area contributed by atoms with E-state index >= 15 is 0 Å². The number of carbonyl (C=O) groups is 1. The number of hydrogen-bond acceptors (Lipinski definition) is 13. The van der Waals surface area contributed by atoms with Crippen LogP contribution >= 0.6 is 22.9 Å². The van der Waals surface area contributed by atoms with Crippen molar-refractivity contribution in [3.8, 4) is 44.7 Å². The summed E-state index contributed by atoms with van der Waals surface area (Å²) < 4.78 is 45.9. The first kappa shape index (κ1) is 41.9. The van der Waals surface area contributed by atoms with Gasteiger partial charge in [0, 0.05) is 80.5 Å². The maximum atomic E-state index is 14.2. The summed E-state index contributed by atoms with van der Waals surface area (Å²) in [7, 11) is 2.12. The number of nitrogens with zero attached hydrogens (tertiary/aromatic N) is 6. The third-order valence-electron chi connectivity index (χ3n) is 11.6. The largest absolute Gasteiger partial charge is 0.490 e. The molecule has 4 bridgehead atoms. The fraction of sp³-hybridized carbons (Fsp3) is 0.370. The molecule has 1 N–H and O–H groups in total. The number of hydrogen-bond donors (Lipinski definition) is 1. The van der Waals surface area contributed by atoms with Crippen LogP contribution in [0, 0.1) is 12.7 Å². The molecular weight excluding hydrogens is 835 g/mol. The molecule has 2 fully saturated rings. The van der Waals surface area contributed by atoms with Gasteiger partial charge in [0.15, 0.2) is 0 Å². The lowest BCUT2D eigenvalue weighted by Crippen LogP contribution is -2.49. The molecule has 322 valence electrons. The second kappa shape index (κ2) is 18.5. The van der Waals surface area contributed by atoms with Gasteiger partial charge in [0.05, 0.1) is 16.1 Å². The topological polar surface area (TPSA) is 141 Å². The molecule has 62 heavy (non-hydrogen) atoms. The summed E-state index contributed by atoms with van der Waals surface area (Å²) >= 11 is 8.59. The fourth-order valence-electron chi connectivity index (χ4n) is 8.15. The Kier molecular flexibility index (Phi) is 12.5. The number of piperazine rings is 1. The number of aliphatic carboxylic acids is 1. The van der Waals surface area contributed by atoms with Gasteiger partial charge in [0.2, 0.25) is 12.0 Å². The molecule has 0 aliphatic carbocycles. The van der Waals surface area contributed by atoms with Gasteiger partial charge in [-0.1, -0.05) is 29.8 Å². The molecule has 6 aromatic rings. The molecule has 3 aromatic carbocycles. The van der Waals surface area contributed by atoms with Crippen molar-refractivity contribution in [2.24, 2.45) is 0 Å². The van der Waals surface area contributed by atoms with Crippen LogP contribution < -0.4 is 18.9 Å². The number of aromatic nitrogens is 4. The van der Waals surface area contributed by atoms with Crippen molar-refractivity contribution in [1.29, 1.82) is 0 Å². The summed E-state index contributed by atoms with van der Waals surface area (Å²) in [5.74, 6) is 0.910. The van der Waals surface area contributed by atoms with E-state index in [0.29, 0.717) is 69.1 Å². The van der Waals surface area contributed by atoms with Crippen molar-refractivity contribution in [2.45, 2.75) is 50.9 Å². The van der Waals surface area contributed by atoms with Gasteiger partial charge < -0.3 is 33.7 Å². The van der Waals surface area contributed by atoms with Crippen LogP contribution in [0.3, 0.4) is 0 Å². The maximum Gasteiger partial charge on any atom is 0.345 e. The van der Waals surface area contributed by atoms with Gasteiger partial charge in [0.1, 0.15) is 59.4 Å². The van der Waals surface area contributed by atoms with Crippen LogP contribution in [-0.2, 0) is 22.6 Å². The van der Waals surface area contributed by atoms with Gasteiger partial charge in [-0.15, -0.1) is 11.3 Å². The van der Waals surface area contributed by atoms with E-state index in [1.807, 2.05) is 25.1 Å². The van der Waals surface area contributed by atoms with Gasteiger partial charge in [-0.3, -0.25) is 4.90 Å². The molecular formula is C46H46ClFN6O7S. The lowest BCUT2D eigenvalue weighted by molar-refractivity contribution is -0.145. The van der Waals surface area contributed by atoms with Crippen LogP contribution in [0.2, 0.25) is 5.02 Å². The van der Waals surface area contributed by atoms with Crippen LogP contribution in [-0.4, -0.2) is 113 Å². The van der Waals surface area contributed by atoms with Crippen LogP contribution in [0.4, 0.5) is 4.39 Å². The van der Waals surface area contributed by atoms with Gasteiger partial charge in [0.25, 0.3) is 0 Å². The summed E-state index contributed by atoms with van der Waals surface area (Å²) in [6.45, 7) is 7.76. The van der Waals surface area contributed by atoms with Crippen molar-refractivity contribution in [2.75, 3.05) is 59.6 Å². The molecule has 4 aliphatic rings. The summed E-state index contributed by atoms with van der Waals surface area (Å²) in [4.78, 5) is 37.7. The first-order valence-corrected chi connectivity index (χ1v) is 21.9. The second-order valence-electron chi connectivity index (χ2n) is 15.9. The van der Waals surface area contributed by atoms with Gasteiger partial charge in [-0.05, 0) is 86.0 Å². The smallest absolute Gasteiger partial charge is 0.345 e. The Morgan fingerprint density at radius 3 is 2.60 bits per heavy atom. The molecule has 3 aromatic heterocycles. The van der Waals surface area contributed by atoms with Crippen LogP contribution in [0.25, 0.3) is 31.8 Å². The Morgan fingerprint density at radius 2 is 1.81 bits per heavy atom. The molecule has 7 heterocycles. The molecule has 10 rings (SSSR count). The third kappa shape index (κ3) is 9.18. The van der Waals surface area contributed by atoms with E-state index in [9.17, 15) is 14.3 Å². The van der Waals surface area contributed by atoms with E-state index < -0.39 is 18.2 Å². The van der Waals surface area contributed by atoms with Crippen LogP contribution in [0.15, 0.2) is 73.2 Å². The zero-order valence-corrected chi connectivity index (χ0v) is 36.0. The van der Waals surface area contributed by atoms with Crippen molar-refractivity contribution in [3.63, 3.8) is 0 Å². The second-order valence-corrected chi connectivity index (χ2v) is 17.3. The van der Waals surface area contributed by atoms with Crippen molar-refractivity contribution < 1.29 is 38.0 Å². The minimum absolute atomic E-state index is 0.0749. The number of benzene rings is 3. The number of ether oxygens (including phenoxy) is 5. The number of carboxylic acids is 1. The van der Waals surface area contributed by atoms with Crippen molar-refractivity contribution in [3.05, 3.63) is 107 Å². The van der Waals surface area contributed by atoms with E-state index in [0.717, 1.165) is 66.4 Å². The molecule has 0 spiro atoms. The highest BCUT2D eigenvalue weighted by Crippen LogP contribution is 2.49. The van der Waals surface area contributed by atoms with Crippen LogP contribution in [0.1, 0.15) is 41.4 Å². The monoisotopic (exact) mass is 880 g/mol. The third-order valence-corrected chi connectivity index (χ3v) is 13.2. The van der Waals surface area contributed by atoms with E-state index in [-0.39, 0.29) is 37.2 Å². The van der Waals surface area contributed by atoms with Crippen molar-refractivity contribution >= 4 is 39.1 Å². The average Bonchev–Trinajstić information content (AvgIpc) is 3.68. The molecule has 0 amide bonds. The predicted molar refractivity (Wildman–Crippen MR) is 233 cm³/mol. The lowest BCUT2D eigenvalue weighted by atomic mass is 9.96. The summed E-state index contributed by atoms with van der Waals surface area (Å²) in [5, 5.41) is 11.7. The molecule has 16 heteroatoms. The zero-order chi connectivity index (χ0) is 42.7. The fourth-order valence-corrected chi connectivity index (χ4v) is 9.51. The molecule has 1 unspecified atom stereocenters. The molecule has 0 saturated carbocycles. The SMILES string of the molecule is Cc1c2ccc(c1Cl)OC(CN1CCN(C)CC1)COc1ccc(OCc3ccnc(C4CCOCC4)n3)c(c1)C[C@H](C(=O)O)Oc1ncnc3sc(-c4ccc(F)cc4)c-2c13. The minimum Gasteiger partial charge on any atom is -0.490 e. The maximum absolute atomic E-state index is 14.2. The number of thiophene rings is 1. The number of rotatable bonds is 8. The standard InChI is InChI=1S/C46H46ClFN6O7S/c1-27-35-8-10-37(41(27)47)60-34(23-54-17-15-53(2)16-18-54)25-58-33-7-9-36(59-24-32-11-14-49-43(52-32)29-12-19-57-20-13-29)30(21-33)22-38(46(55)56)61-44-40-39(35)42(62-45(40)51-26-50-44)28-3-5-31(48)6-4-28/h3-11,14,21,26,29,34,38H,12-13,15-20,22-25H2,1-2H3,(H,55,56)/t34?,38-/m1/s1. The Morgan fingerprint density at radius 1 is 1.00 bits per heavy atom. The lowest BCUT2D eigenvalue weighted by Gasteiger charge is -2.34. The summed E-state index contributed by atoms with van der Waals surface area (Å²) in [6, 6.07) is 17.2. The van der Waals surface area contributed by atoms with Gasteiger partial charge in [-0.2, -0.15) is 0 Å². The Bertz CT molecular complexity index is 2570. The average molecular weight is 881 g/mol. The summed E-state index contributed by atoms with van der Waals surface area (Å²) in [5.41, 5.74) is 4.11. The van der Waals surface area contributed by atoms with Crippen LogP contribution in [0.5, 0.6) is 23.1 Å². The van der Waals surface area contributed by atoms with Gasteiger partial charge >= 0.3 is 5.97 Å². The Balaban J connectivity index is 1.13. The molecule has 2 atom stereocenters. The normalized spacial score (nSPS) is 19.0.